The lowest BCUT2D eigenvalue weighted by Crippen LogP contribution is -2.34. The molecular weight excluding hydrogens is 310 g/mol. The summed E-state index contributed by atoms with van der Waals surface area (Å²) >= 11 is 0. The number of carbonyl (C=O) groups excluding carboxylic acids is 1. The molecule has 8 heteroatoms. The molecule has 2 heterocycles. The highest BCUT2D eigenvalue weighted by molar-refractivity contribution is 5.92. The molecule has 1 aromatic heterocycles. The van der Waals surface area contributed by atoms with Gasteiger partial charge in [-0.1, -0.05) is 12.1 Å². The van der Waals surface area contributed by atoms with Gasteiger partial charge in [0.1, 0.15) is 11.6 Å². The summed E-state index contributed by atoms with van der Waals surface area (Å²) < 4.78 is 1.68. The molecule has 2 N–H and O–H groups in total. The summed E-state index contributed by atoms with van der Waals surface area (Å²) in [7, 11) is 0. The van der Waals surface area contributed by atoms with Crippen molar-refractivity contribution in [2.45, 2.75) is 20.3 Å². The normalized spacial score (nSPS) is 17.1. The number of aromatic nitrogens is 3. The van der Waals surface area contributed by atoms with Crippen LogP contribution in [0.15, 0.2) is 24.3 Å². The molecule has 0 radical (unpaired) electrons. The molecule has 1 saturated heterocycles. The highest BCUT2D eigenvalue weighted by atomic mass is 16.4. The number of aryl methyl sites for hydroxylation is 2. The van der Waals surface area contributed by atoms with Gasteiger partial charge in [0.2, 0.25) is 0 Å². The zero-order chi connectivity index (χ0) is 17.3. The summed E-state index contributed by atoms with van der Waals surface area (Å²) in [5.41, 5.74) is 1.33. The third-order valence-corrected chi connectivity index (χ3v) is 4.07. The number of rotatable bonds is 3. The molecule has 3 rings (SSSR count). The van der Waals surface area contributed by atoms with E-state index in [4.69, 9.17) is 5.11 Å². The third-order valence-electron chi connectivity index (χ3n) is 4.07. The summed E-state index contributed by atoms with van der Waals surface area (Å²) in [4.78, 5) is 29.3. The summed E-state index contributed by atoms with van der Waals surface area (Å²) in [5.74, 6) is 0.0180. The quantitative estimate of drug-likeness (QED) is 0.894. The van der Waals surface area contributed by atoms with Gasteiger partial charge in [-0.15, -0.1) is 0 Å². The standard InChI is InChI=1S/C16H19N5O3/c1-10-17-11(2)21(19-10)14-6-4-3-5-13(14)18-16(24)20-8-7-12(9-20)15(22)23/h3-6,12H,7-9H2,1-2H3,(H,18,24)(H,22,23). The molecule has 2 aromatic rings. The van der Waals surface area contributed by atoms with Crippen molar-refractivity contribution in [3.8, 4) is 5.69 Å². The maximum atomic E-state index is 12.4. The first kappa shape index (κ1) is 16.0. The number of benzene rings is 1. The van der Waals surface area contributed by atoms with E-state index >= 15 is 0 Å². The van der Waals surface area contributed by atoms with Gasteiger partial charge in [-0.2, -0.15) is 5.10 Å². The fourth-order valence-corrected chi connectivity index (χ4v) is 2.85. The van der Waals surface area contributed by atoms with Crippen LogP contribution in [0, 0.1) is 19.8 Å². The predicted octanol–water partition coefficient (Wildman–Crippen LogP) is 1.82. The average molecular weight is 329 g/mol. The third kappa shape index (κ3) is 3.08. The van der Waals surface area contributed by atoms with E-state index < -0.39 is 11.9 Å². The Morgan fingerprint density at radius 1 is 1.29 bits per heavy atom. The lowest BCUT2D eigenvalue weighted by Gasteiger charge is -2.18. The van der Waals surface area contributed by atoms with E-state index in [2.05, 4.69) is 15.4 Å². The van der Waals surface area contributed by atoms with Gasteiger partial charge in [-0.05, 0) is 32.4 Å². The van der Waals surface area contributed by atoms with Crippen LogP contribution in [-0.4, -0.2) is 49.9 Å². The molecule has 1 aromatic carbocycles. The molecular formula is C16H19N5O3. The molecule has 126 valence electrons. The van der Waals surface area contributed by atoms with Crippen LogP contribution in [0.4, 0.5) is 10.5 Å². The first-order valence-electron chi connectivity index (χ1n) is 7.74. The SMILES string of the molecule is Cc1nc(C)n(-c2ccccc2NC(=O)N2CCC(C(=O)O)C2)n1. The average Bonchev–Trinajstić information content (AvgIpc) is 3.15. The van der Waals surface area contributed by atoms with Crippen molar-refractivity contribution in [3.05, 3.63) is 35.9 Å². The number of nitrogens with one attached hydrogen (secondary N) is 1. The van der Waals surface area contributed by atoms with Gasteiger partial charge < -0.3 is 15.3 Å². The first-order chi connectivity index (χ1) is 11.5. The number of anilines is 1. The molecule has 1 fully saturated rings. The zero-order valence-corrected chi connectivity index (χ0v) is 13.6. The van der Waals surface area contributed by atoms with E-state index in [0.717, 1.165) is 11.5 Å². The number of carboxylic acids is 1. The Morgan fingerprint density at radius 3 is 2.67 bits per heavy atom. The molecule has 0 aliphatic carbocycles. The smallest absolute Gasteiger partial charge is 0.321 e. The van der Waals surface area contributed by atoms with E-state index in [1.165, 1.54) is 4.90 Å². The minimum absolute atomic E-state index is 0.227. The van der Waals surface area contributed by atoms with Gasteiger partial charge in [-0.3, -0.25) is 4.79 Å². The summed E-state index contributed by atoms with van der Waals surface area (Å²) in [5, 5.41) is 16.2. The molecule has 0 bridgehead atoms. The van der Waals surface area contributed by atoms with Crippen LogP contribution >= 0.6 is 0 Å². The molecule has 1 aliphatic rings. The summed E-state index contributed by atoms with van der Waals surface area (Å²) in [6.07, 6.45) is 0.478. The minimum Gasteiger partial charge on any atom is -0.481 e. The first-order valence-corrected chi connectivity index (χ1v) is 7.74. The largest absolute Gasteiger partial charge is 0.481 e. The summed E-state index contributed by atoms with van der Waals surface area (Å²) in [6.45, 7) is 4.31. The number of hydrogen-bond donors (Lipinski definition) is 2. The van der Waals surface area contributed by atoms with Crippen molar-refractivity contribution < 1.29 is 14.7 Å². The zero-order valence-electron chi connectivity index (χ0n) is 13.6. The van der Waals surface area contributed by atoms with Crippen molar-refractivity contribution >= 4 is 17.7 Å². The Morgan fingerprint density at radius 2 is 2.04 bits per heavy atom. The number of hydrogen-bond acceptors (Lipinski definition) is 4. The maximum Gasteiger partial charge on any atom is 0.321 e. The molecule has 24 heavy (non-hydrogen) atoms. The number of urea groups is 1. The Balaban J connectivity index is 1.80. The number of nitrogens with zero attached hydrogens (tertiary/aromatic N) is 4. The maximum absolute atomic E-state index is 12.4. The molecule has 0 spiro atoms. The van der Waals surface area contributed by atoms with Crippen molar-refractivity contribution in [2.24, 2.45) is 5.92 Å². The van der Waals surface area contributed by atoms with Crippen molar-refractivity contribution in [1.29, 1.82) is 0 Å². The van der Waals surface area contributed by atoms with E-state index in [1.807, 2.05) is 25.1 Å². The van der Waals surface area contributed by atoms with E-state index in [0.29, 0.717) is 24.5 Å². The van der Waals surface area contributed by atoms with E-state index in [1.54, 1.807) is 17.7 Å². The molecule has 1 unspecified atom stereocenters. The van der Waals surface area contributed by atoms with Gasteiger partial charge in [0, 0.05) is 13.1 Å². The van der Waals surface area contributed by atoms with Crippen LogP contribution in [0.25, 0.3) is 5.69 Å². The molecule has 8 nitrogen and oxygen atoms in total. The van der Waals surface area contributed by atoms with Gasteiger partial charge in [0.05, 0.1) is 17.3 Å². The van der Waals surface area contributed by atoms with Crippen LogP contribution in [0.2, 0.25) is 0 Å². The Kier molecular flexibility index (Phi) is 4.20. The Bertz CT molecular complexity index is 786. The van der Waals surface area contributed by atoms with Crippen molar-refractivity contribution in [2.75, 3.05) is 18.4 Å². The van der Waals surface area contributed by atoms with Crippen LogP contribution in [-0.2, 0) is 4.79 Å². The van der Waals surface area contributed by atoms with E-state index in [-0.39, 0.29) is 12.6 Å². The second-order valence-electron chi connectivity index (χ2n) is 5.84. The lowest BCUT2D eigenvalue weighted by atomic mass is 10.1. The number of carbonyl (C=O) groups is 2. The number of amides is 2. The van der Waals surface area contributed by atoms with Gasteiger partial charge in [-0.25, -0.2) is 14.5 Å². The fourth-order valence-electron chi connectivity index (χ4n) is 2.85. The number of para-hydroxylation sites is 2. The summed E-state index contributed by atoms with van der Waals surface area (Å²) in [6, 6.07) is 7.01. The van der Waals surface area contributed by atoms with Crippen molar-refractivity contribution in [1.82, 2.24) is 19.7 Å². The van der Waals surface area contributed by atoms with Gasteiger partial charge >= 0.3 is 12.0 Å². The van der Waals surface area contributed by atoms with Gasteiger partial charge in [0.15, 0.2) is 0 Å². The molecule has 2 amide bonds. The van der Waals surface area contributed by atoms with Crippen LogP contribution < -0.4 is 5.32 Å². The van der Waals surface area contributed by atoms with Crippen molar-refractivity contribution in [3.63, 3.8) is 0 Å². The molecule has 1 aliphatic heterocycles. The number of aliphatic carboxylic acids is 1. The lowest BCUT2D eigenvalue weighted by molar-refractivity contribution is -0.141. The second-order valence-corrected chi connectivity index (χ2v) is 5.84. The van der Waals surface area contributed by atoms with Gasteiger partial charge in [0.25, 0.3) is 0 Å². The van der Waals surface area contributed by atoms with Crippen LogP contribution in [0.1, 0.15) is 18.1 Å². The predicted molar refractivity (Wildman–Crippen MR) is 87.2 cm³/mol. The molecule has 1 atom stereocenters. The minimum atomic E-state index is -0.862. The Labute approximate surface area is 139 Å². The van der Waals surface area contributed by atoms with Crippen LogP contribution in [0.3, 0.4) is 0 Å². The molecule has 0 saturated carbocycles. The fraction of sp³-hybridized carbons (Fsp3) is 0.375. The number of likely N-dealkylation sites (tertiary alicyclic amines) is 1. The van der Waals surface area contributed by atoms with Crippen LogP contribution in [0.5, 0.6) is 0 Å². The van der Waals surface area contributed by atoms with E-state index in [9.17, 15) is 9.59 Å². The number of carboxylic acid groups (broad SMARTS) is 1. The highest BCUT2D eigenvalue weighted by Gasteiger charge is 2.31. The highest BCUT2D eigenvalue weighted by Crippen LogP contribution is 2.23. The topological polar surface area (TPSA) is 100 Å². The Hall–Kier alpha value is -2.90. The second kappa shape index (κ2) is 6.31. The monoisotopic (exact) mass is 329 g/mol.